The summed E-state index contributed by atoms with van der Waals surface area (Å²) in [5, 5.41) is 2.05. The Balaban J connectivity index is 1.37. The number of aromatic amines is 1. The Hall–Kier alpha value is -2.99. The Morgan fingerprint density at radius 2 is 1.64 bits per heavy atom. The van der Waals surface area contributed by atoms with Gasteiger partial charge in [0.05, 0.1) is 10.4 Å². The number of nitrogens with zero attached hydrogens (tertiary/aromatic N) is 4. The van der Waals surface area contributed by atoms with Crippen LogP contribution in [0.15, 0.2) is 62.3 Å². The number of H-pyrrole nitrogens is 1. The van der Waals surface area contributed by atoms with Crippen LogP contribution in [0.4, 0.5) is 0 Å². The molecule has 1 aromatic carbocycles. The van der Waals surface area contributed by atoms with E-state index in [9.17, 15) is 18.0 Å². The molecule has 1 aliphatic heterocycles. The largest absolute Gasteiger partial charge is 0.349 e. The summed E-state index contributed by atoms with van der Waals surface area (Å²) in [5.41, 5.74) is 1.62. The van der Waals surface area contributed by atoms with E-state index in [1.54, 1.807) is 57.5 Å². The predicted molar refractivity (Wildman–Crippen MR) is 142 cm³/mol. The first-order valence-electron chi connectivity index (χ1n) is 12.0. The maximum atomic E-state index is 13.3. The maximum absolute atomic E-state index is 13.3. The van der Waals surface area contributed by atoms with E-state index in [0.717, 1.165) is 12.1 Å². The molecular weight excluding hydrogens is 498 g/mol. The Bertz CT molecular complexity index is 1590. The van der Waals surface area contributed by atoms with Crippen LogP contribution in [-0.4, -0.2) is 57.9 Å². The third-order valence-electron chi connectivity index (χ3n) is 6.73. The van der Waals surface area contributed by atoms with Crippen LogP contribution in [0.1, 0.15) is 18.7 Å². The molecule has 0 saturated carbocycles. The van der Waals surface area contributed by atoms with Crippen molar-refractivity contribution >= 4 is 32.4 Å². The lowest BCUT2D eigenvalue weighted by molar-refractivity contribution is 0.183. The number of sulfonamides is 1. The molecule has 0 spiro atoms. The van der Waals surface area contributed by atoms with Crippen LogP contribution in [0.2, 0.25) is 0 Å². The molecule has 0 bridgehead atoms. The second kappa shape index (κ2) is 9.81. The molecule has 5 rings (SSSR count). The molecule has 0 radical (unpaired) electrons. The number of rotatable bonds is 7. The van der Waals surface area contributed by atoms with Gasteiger partial charge in [0.2, 0.25) is 10.0 Å². The highest BCUT2D eigenvalue weighted by molar-refractivity contribution is 7.89. The lowest BCUT2D eigenvalue weighted by Gasteiger charge is -2.33. The smallest absolute Gasteiger partial charge is 0.331 e. The van der Waals surface area contributed by atoms with Crippen LogP contribution in [0.25, 0.3) is 22.3 Å². The van der Waals surface area contributed by atoms with Gasteiger partial charge in [-0.25, -0.2) is 13.2 Å². The molecular formula is C25H29N5O4S2. The van der Waals surface area contributed by atoms with Gasteiger partial charge in [0, 0.05) is 56.4 Å². The minimum Gasteiger partial charge on any atom is -0.349 e. The van der Waals surface area contributed by atoms with E-state index in [1.165, 1.54) is 9.44 Å². The van der Waals surface area contributed by atoms with Crippen LogP contribution < -0.4 is 11.2 Å². The number of thiophene rings is 1. The standard InChI is InChI=1S/C25H29N5O4S2/c1-3-29-22-16-21(26-23(22)24(31)30(4-2)25(29)32)18-7-9-20(10-8-18)36(33,34)28-13-11-27(12-14-28)17-19-6-5-15-35-19/h5-10,15-16,26H,3-4,11-14,17H2,1-2H3. The molecule has 1 N–H and O–H groups in total. The summed E-state index contributed by atoms with van der Waals surface area (Å²) in [6, 6.07) is 12.6. The van der Waals surface area contributed by atoms with Crippen LogP contribution in [-0.2, 0) is 29.7 Å². The number of aryl methyl sites for hydroxylation is 1. The summed E-state index contributed by atoms with van der Waals surface area (Å²) < 4.78 is 30.8. The number of aromatic nitrogens is 3. The van der Waals surface area contributed by atoms with Crippen molar-refractivity contribution in [3.63, 3.8) is 0 Å². The van der Waals surface area contributed by atoms with Gasteiger partial charge in [-0.05, 0) is 49.1 Å². The first-order valence-corrected chi connectivity index (χ1v) is 14.4. The van der Waals surface area contributed by atoms with Crippen molar-refractivity contribution in [2.24, 2.45) is 0 Å². The molecule has 0 aliphatic carbocycles. The van der Waals surface area contributed by atoms with Gasteiger partial charge in [0.15, 0.2) is 0 Å². The molecule has 9 nitrogen and oxygen atoms in total. The van der Waals surface area contributed by atoms with Crippen molar-refractivity contribution in [3.05, 3.63) is 73.6 Å². The van der Waals surface area contributed by atoms with E-state index in [1.807, 2.05) is 13.0 Å². The van der Waals surface area contributed by atoms with Crippen LogP contribution in [0, 0.1) is 0 Å². The van der Waals surface area contributed by atoms with Gasteiger partial charge in [-0.3, -0.25) is 18.8 Å². The Morgan fingerprint density at radius 1 is 0.944 bits per heavy atom. The number of piperazine rings is 1. The third kappa shape index (κ3) is 4.36. The predicted octanol–water partition coefficient (Wildman–Crippen LogP) is 2.77. The summed E-state index contributed by atoms with van der Waals surface area (Å²) in [5.74, 6) is 0. The average molecular weight is 528 g/mol. The molecule has 0 amide bonds. The Labute approximate surface area is 213 Å². The maximum Gasteiger partial charge on any atom is 0.331 e. The second-order valence-corrected chi connectivity index (χ2v) is 11.8. The van der Waals surface area contributed by atoms with Crippen molar-refractivity contribution < 1.29 is 8.42 Å². The number of hydrogen-bond acceptors (Lipinski definition) is 6. The van der Waals surface area contributed by atoms with E-state index >= 15 is 0 Å². The van der Waals surface area contributed by atoms with Crippen molar-refractivity contribution in [2.75, 3.05) is 26.2 Å². The van der Waals surface area contributed by atoms with Gasteiger partial charge in [0.25, 0.3) is 5.56 Å². The lowest BCUT2D eigenvalue weighted by Crippen LogP contribution is -2.48. The van der Waals surface area contributed by atoms with E-state index in [2.05, 4.69) is 21.3 Å². The van der Waals surface area contributed by atoms with E-state index in [4.69, 9.17) is 0 Å². The number of fused-ring (bicyclic) bond motifs is 1. The fourth-order valence-electron chi connectivity index (χ4n) is 4.74. The van der Waals surface area contributed by atoms with Crippen LogP contribution in [0.5, 0.6) is 0 Å². The zero-order valence-corrected chi connectivity index (χ0v) is 21.9. The quantitative estimate of drug-likeness (QED) is 0.398. The van der Waals surface area contributed by atoms with E-state index in [-0.39, 0.29) is 22.7 Å². The molecule has 4 aromatic rings. The number of hydrogen-bond donors (Lipinski definition) is 1. The van der Waals surface area contributed by atoms with E-state index in [0.29, 0.717) is 49.5 Å². The van der Waals surface area contributed by atoms with Crippen molar-refractivity contribution in [1.29, 1.82) is 0 Å². The third-order valence-corrected chi connectivity index (χ3v) is 9.51. The molecule has 190 valence electrons. The fourth-order valence-corrected chi connectivity index (χ4v) is 6.90. The second-order valence-electron chi connectivity index (χ2n) is 8.80. The Kier molecular flexibility index (Phi) is 6.73. The monoisotopic (exact) mass is 527 g/mol. The minimum absolute atomic E-state index is 0.243. The molecule has 3 aromatic heterocycles. The van der Waals surface area contributed by atoms with Gasteiger partial charge >= 0.3 is 5.69 Å². The highest BCUT2D eigenvalue weighted by Crippen LogP contribution is 2.25. The van der Waals surface area contributed by atoms with Crippen LogP contribution in [0.3, 0.4) is 0 Å². The molecule has 11 heteroatoms. The average Bonchev–Trinajstić information content (AvgIpc) is 3.56. The van der Waals surface area contributed by atoms with Gasteiger partial charge in [-0.2, -0.15) is 4.31 Å². The molecule has 1 aliphatic rings. The zero-order chi connectivity index (χ0) is 25.4. The SMILES string of the molecule is CCn1c(=O)c2[nH]c(-c3ccc(S(=O)(=O)N4CCN(Cc5cccs5)CC4)cc3)cc2n(CC)c1=O. The molecule has 36 heavy (non-hydrogen) atoms. The van der Waals surface area contributed by atoms with Gasteiger partial charge in [-0.1, -0.05) is 18.2 Å². The molecule has 1 saturated heterocycles. The lowest BCUT2D eigenvalue weighted by atomic mass is 10.1. The summed E-state index contributed by atoms with van der Waals surface area (Å²) in [4.78, 5) is 32.4. The van der Waals surface area contributed by atoms with Gasteiger partial charge < -0.3 is 4.98 Å². The topological polar surface area (TPSA) is 100 Å². The van der Waals surface area contributed by atoms with Gasteiger partial charge in [-0.15, -0.1) is 11.3 Å². The first kappa shape index (κ1) is 24.7. The molecule has 4 heterocycles. The molecule has 1 fully saturated rings. The zero-order valence-electron chi connectivity index (χ0n) is 20.3. The van der Waals surface area contributed by atoms with Crippen molar-refractivity contribution in [3.8, 4) is 11.3 Å². The summed E-state index contributed by atoms with van der Waals surface area (Å²) in [6.45, 7) is 7.49. The normalized spacial score (nSPS) is 15.6. The Morgan fingerprint density at radius 3 is 2.25 bits per heavy atom. The first-order chi connectivity index (χ1) is 17.3. The molecule has 0 atom stereocenters. The van der Waals surface area contributed by atoms with Crippen LogP contribution >= 0.6 is 11.3 Å². The van der Waals surface area contributed by atoms with E-state index < -0.39 is 10.0 Å². The summed E-state index contributed by atoms with van der Waals surface area (Å²) in [7, 11) is -3.60. The van der Waals surface area contributed by atoms with Crippen molar-refractivity contribution in [1.82, 2.24) is 23.3 Å². The highest BCUT2D eigenvalue weighted by Gasteiger charge is 2.28. The summed E-state index contributed by atoms with van der Waals surface area (Å²) >= 11 is 1.71. The fraction of sp³-hybridized carbons (Fsp3) is 0.360. The highest BCUT2D eigenvalue weighted by atomic mass is 32.2. The molecule has 0 unspecified atom stereocenters. The number of nitrogens with one attached hydrogen (secondary N) is 1. The van der Waals surface area contributed by atoms with Gasteiger partial charge in [0.1, 0.15) is 5.52 Å². The van der Waals surface area contributed by atoms with Crippen molar-refractivity contribution in [2.45, 2.75) is 38.4 Å². The summed E-state index contributed by atoms with van der Waals surface area (Å²) in [6.07, 6.45) is 0. The minimum atomic E-state index is -3.60. The number of benzene rings is 1.